The fraction of sp³-hybridized carbons (Fsp3) is 0.875. The van der Waals surface area contributed by atoms with Gasteiger partial charge in [-0.3, -0.25) is 9.59 Å². The summed E-state index contributed by atoms with van der Waals surface area (Å²) >= 11 is 0. The topological polar surface area (TPSA) is 72.8 Å². The summed E-state index contributed by atoms with van der Waals surface area (Å²) in [5, 5.41) is 8.28. The van der Waals surface area contributed by atoms with Gasteiger partial charge in [0.2, 0.25) is 0 Å². The Balaban J connectivity index is 0. The van der Waals surface area contributed by atoms with E-state index in [1.165, 1.54) is 45.4 Å². The van der Waals surface area contributed by atoms with Crippen molar-refractivity contribution in [1.29, 1.82) is 0 Å². The standard InChI is InChI=1S/C6H12O3.C6H12.C4H8O2/c1-2-9-6(8)4-3-5-7;1-2-4-6-5-3-1;1-3-6-4(2)5/h7H,2-5H2,1H3;1-6H2;3H2,1-2H3. The molecule has 1 N–H and O–H groups in total. The van der Waals surface area contributed by atoms with E-state index in [1.54, 1.807) is 13.8 Å². The average molecular weight is 304 g/mol. The molecule has 0 bridgehead atoms. The van der Waals surface area contributed by atoms with Crippen LogP contribution in [0.15, 0.2) is 0 Å². The van der Waals surface area contributed by atoms with Crippen LogP contribution in [0.2, 0.25) is 0 Å². The Bertz CT molecular complexity index is 225. The molecule has 5 nitrogen and oxygen atoms in total. The third-order valence-corrected chi connectivity index (χ3v) is 2.69. The van der Waals surface area contributed by atoms with E-state index in [9.17, 15) is 9.59 Å². The largest absolute Gasteiger partial charge is 0.466 e. The van der Waals surface area contributed by atoms with Crippen LogP contribution in [0, 0.1) is 0 Å². The third kappa shape index (κ3) is 24.3. The van der Waals surface area contributed by atoms with Crippen LogP contribution in [0.3, 0.4) is 0 Å². The first-order valence-corrected chi connectivity index (χ1v) is 7.98. The van der Waals surface area contributed by atoms with E-state index in [-0.39, 0.29) is 18.5 Å². The van der Waals surface area contributed by atoms with Crippen molar-refractivity contribution < 1.29 is 24.2 Å². The van der Waals surface area contributed by atoms with Crippen molar-refractivity contribution in [2.45, 2.75) is 72.1 Å². The predicted molar refractivity (Wildman–Crippen MR) is 83.0 cm³/mol. The predicted octanol–water partition coefficient (Wildman–Crippen LogP) is 3.23. The van der Waals surface area contributed by atoms with E-state index in [0.29, 0.717) is 26.1 Å². The molecule has 0 aromatic carbocycles. The molecule has 21 heavy (non-hydrogen) atoms. The molecule has 0 radical (unpaired) electrons. The van der Waals surface area contributed by atoms with Crippen molar-refractivity contribution in [3.8, 4) is 0 Å². The number of carbonyl (C=O) groups is 2. The van der Waals surface area contributed by atoms with Gasteiger partial charge in [0.1, 0.15) is 0 Å². The summed E-state index contributed by atoms with van der Waals surface area (Å²) in [6.07, 6.45) is 9.82. The van der Waals surface area contributed by atoms with E-state index < -0.39 is 0 Å². The molecule has 1 aliphatic carbocycles. The lowest BCUT2D eigenvalue weighted by Crippen LogP contribution is -2.03. The lowest BCUT2D eigenvalue weighted by atomic mass is 10.0. The Hall–Kier alpha value is -1.10. The molecule has 1 fully saturated rings. The van der Waals surface area contributed by atoms with Crippen LogP contribution < -0.4 is 0 Å². The second-order valence-corrected chi connectivity index (χ2v) is 4.68. The van der Waals surface area contributed by atoms with Crippen molar-refractivity contribution >= 4 is 11.9 Å². The fourth-order valence-electron chi connectivity index (χ4n) is 1.72. The van der Waals surface area contributed by atoms with E-state index in [4.69, 9.17) is 5.11 Å². The van der Waals surface area contributed by atoms with Crippen LogP contribution in [0.1, 0.15) is 72.1 Å². The summed E-state index contributed by atoms with van der Waals surface area (Å²) in [6, 6.07) is 0. The first-order chi connectivity index (χ1) is 10.1. The highest BCUT2D eigenvalue weighted by atomic mass is 16.5. The minimum atomic E-state index is -0.230. The molecule has 0 amide bonds. The van der Waals surface area contributed by atoms with Gasteiger partial charge in [-0.2, -0.15) is 0 Å². The number of hydrogen-bond acceptors (Lipinski definition) is 5. The van der Waals surface area contributed by atoms with Gasteiger partial charge in [0.15, 0.2) is 0 Å². The summed E-state index contributed by atoms with van der Waals surface area (Å²) < 4.78 is 9.00. The number of esters is 2. The van der Waals surface area contributed by atoms with Crippen LogP contribution in [-0.4, -0.2) is 36.9 Å². The molecule has 5 heteroatoms. The molecule has 1 saturated carbocycles. The van der Waals surface area contributed by atoms with Crippen molar-refractivity contribution in [2.75, 3.05) is 19.8 Å². The molecule has 0 spiro atoms. The van der Waals surface area contributed by atoms with Gasteiger partial charge in [-0.05, 0) is 20.3 Å². The Morgan fingerprint density at radius 2 is 1.33 bits per heavy atom. The Morgan fingerprint density at radius 1 is 0.905 bits per heavy atom. The van der Waals surface area contributed by atoms with Crippen LogP contribution in [0.25, 0.3) is 0 Å². The van der Waals surface area contributed by atoms with Gasteiger partial charge >= 0.3 is 11.9 Å². The van der Waals surface area contributed by atoms with Gasteiger partial charge < -0.3 is 14.6 Å². The molecule has 0 atom stereocenters. The van der Waals surface area contributed by atoms with Crippen molar-refractivity contribution in [2.24, 2.45) is 0 Å². The number of rotatable bonds is 5. The third-order valence-electron chi connectivity index (χ3n) is 2.69. The van der Waals surface area contributed by atoms with Crippen LogP contribution in [-0.2, 0) is 19.1 Å². The summed E-state index contributed by atoms with van der Waals surface area (Å²) in [5.41, 5.74) is 0. The maximum absolute atomic E-state index is 10.5. The van der Waals surface area contributed by atoms with Gasteiger partial charge in [-0.15, -0.1) is 0 Å². The van der Waals surface area contributed by atoms with Crippen LogP contribution in [0.5, 0.6) is 0 Å². The Labute approximate surface area is 129 Å². The molecule has 0 aliphatic heterocycles. The molecule has 0 saturated heterocycles. The quantitative estimate of drug-likeness (QED) is 0.789. The van der Waals surface area contributed by atoms with Crippen molar-refractivity contribution in [3.05, 3.63) is 0 Å². The van der Waals surface area contributed by atoms with Crippen molar-refractivity contribution in [3.63, 3.8) is 0 Å². The summed E-state index contributed by atoms with van der Waals surface area (Å²) in [5.74, 6) is -0.441. The minimum Gasteiger partial charge on any atom is -0.466 e. The number of hydrogen-bond donors (Lipinski definition) is 1. The maximum atomic E-state index is 10.5. The zero-order valence-corrected chi connectivity index (χ0v) is 13.9. The lowest BCUT2D eigenvalue weighted by Gasteiger charge is -2.05. The Morgan fingerprint density at radius 3 is 1.57 bits per heavy atom. The molecule has 1 rings (SSSR count). The van der Waals surface area contributed by atoms with Crippen LogP contribution >= 0.6 is 0 Å². The van der Waals surface area contributed by atoms with Gasteiger partial charge in [0.25, 0.3) is 0 Å². The number of carbonyl (C=O) groups excluding carboxylic acids is 2. The zero-order valence-electron chi connectivity index (χ0n) is 13.9. The highest BCUT2D eigenvalue weighted by molar-refractivity contribution is 5.69. The van der Waals surface area contributed by atoms with Gasteiger partial charge in [-0.25, -0.2) is 0 Å². The zero-order chi connectivity index (χ0) is 16.3. The summed E-state index contributed by atoms with van der Waals surface area (Å²) in [6.45, 7) is 5.89. The SMILES string of the molecule is C1CCCCC1.CCOC(=O)CCCO.CCOC(C)=O. The molecule has 0 unspecified atom stereocenters. The lowest BCUT2D eigenvalue weighted by molar-refractivity contribution is -0.143. The molecule has 0 aromatic heterocycles. The van der Waals surface area contributed by atoms with E-state index in [0.717, 1.165) is 0 Å². The molecule has 1 aliphatic rings. The van der Waals surface area contributed by atoms with Gasteiger partial charge in [0.05, 0.1) is 13.2 Å². The van der Waals surface area contributed by atoms with Gasteiger partial charge in [0, 0.05) is 20.0 Å². The van der Waals surface area contributed by atoms with Gasteiger partial charge in [-0.1, -0.05) is 38.5 Å². The average Bonchev–Trinajstić information content (AvgIpc) is 2.48. The normalized spacial score (nSPS) is 13.0. The maximum Gasteiger partial charge on any atom is 0.305 e. The first-order valence-electron chi connectivity index (χ1n) is 7.98. The number of ether oxygens (including phenoxy) is 2. The van der Waals surface area contributed by atoms with E-state index in [1.807, 2.05) is 0 Å². The molecule has 0 aromatic rings. The molecular weight excluding hydrogens is 272 g/mol. The number of aliphatic hydroxyl groups excluding tert-OH is 1. The monoisotopic (exact) mass is 304 g/mol. The first kappa shape index (κ1) is 22.2. The van der Waals surface area contributed by atoms with Crippen molar-refractivity contribution in [1.82, 2.24) is 0 Å². The smallest absolute Gasteiger partial charge is 0.305 e. The fourth-order valence-corrected chi connectivity index (χ4v) is 1.72. The van der Waals surface area contributed by atoms with E-state index in [2.05, 4.69) is 9.47 Å². The number of aliphatic hydroxyl groups is 1. The van der Waals surface area contributed by atoms with Crippen LogP contribution in [0.4, 0.5) is 0 Å². The van der Waals surface area contributed by atoms with E-state index >= 15 is 0 Å². The Kier molecular flexibility index (Phi) is 20.0. The second-order valence-electron chi connectivity index (χ2n) is 4.68. The summed E-state index contributed by atoms with van der Waals surface area (Å²) in [7, 11) is 0. The summed E-state index contributed by atoms with van der Waals surface area (Å²) in [4.78, 5) is 20.3. The minimum absolute atomic E-state index is 0.0544. The highest BCUT2D eigenvalue weighted by Crippen LogP contribution is 2.15. The highest BCUT2D eigenvalue weighted by Gasteiger charge is 1.98. The molecule has 126 valence electrons. The molecular formula is C16H32O5. The molecule has 0 heterocycles. The second kappa shape index (κ2) is 18.9.